The summed E-state index contributed by atoms with van der Waals surface area (Å²) in [5.41, 5.74) is 2.76. The first-order valence-corrected chi connectivity index (χ1v) is 11.6. The first kappa shape index (κ1) is 21.2. The number of amides is 1. The van der Waals surface area contributed by atoms with E-state index in [0.717, 1.165) is 16.3 Å². The number of halogens is 1. The maximum Gasteiger partial charge on any atom is 0.257 e. The van der Waals surface area contributed by atoms with E-state index in [1.54, 1.807) is 39.8 Å². The third-order valence-corrected chi connectivity index (χ3v) is 6.09. The molecule has 33 heavy (non-hydrogen) atoms. The Morgan fingerprint density at radius 2 is 1.85 bits per heavy atom. The fourth-order valence-corrected chi connectivity index (χ4v) is 4.26. The van der Waals surface area contributed by atoms with Crippen molar-refractivity contribution < 1.29 is 4.79 Å². The number of aromatic nitrogens is 6. The number of hydrogen-bond donors (Lipinski definition) is 1. The van der Waals surface area contributed by atoms with Gasteiger partial charge < -0.3 is 5.32 Å². The van der Waals surface area contributed by atoms with Gasteiger partial charge in [0.1, 0.15) is 12.1 Å². The van der Waals surface area contributed by atoms with Crippen molar-refractivity contribution in [3.63, 3.8) is 0 Å². The van der Waals surface area contributed by atoms with Crippen LogP contribution in [-0.4, -0.2) is 41.7 Å². The van der Waals surface area contributed by atoms with Gasteiger partial charge in [0.05, 0.1) is 28.5 Å². The Morgan fingerprint density at radius 3 is 2.64 bits per heavy atom. The van der Waals surface area contributed by atoms with E-state index in [0.29, 0.717) is 33.3 Å². The van der Waals surface area contributed by atoms with E-state index in [-0.39, 0.29) is 5.91 Å². The van der Waals surface area contributed by atoms with Crippen LogP contribution in [-0.2, 0) is 0 Å². The molecule has 164 valence electrons. The Kier molecular flexibility index (Phi) is 5.57. The summed E-state index contributed by atoms with van der Waals surface area (Å²) in [6.45, 7) is 1.86. The lowest BCUT2D eigenvalue weighted by Gasteiger charge is -2.11. The number of hydrogen-bond acceptors (Lipinski definition) is 6. The van der Waals surface area contributed by atoms with Gasteiger partial charge in [-0.3, -0.25) is 4.79 Å². The largest absolute Gasteiger partial charge is 0.306 e. The van der Waals surface area contributed by atoms with E-state index >= 15 is 0 Å². The molecule has 0 atom stereocenters. The fraction of sp³-hybridized carbons (Fsp3) is 0.0870. The lowest BCUT2D eigenvalue weighted by molar-refractivity contribution is 0.102. The molecular formula is C23H18ClN7OS. The SMILES string of the molecule is CSc1ccccc1C(=O)Nc1cc(C)nn1-c1ncnc2c1cnn2-c1ccc(Cl)cc1. The minimum absolute atomic E-state index is 0.219. The predicted molar refractivity (Wildman–Crippen MR) is 130 cm³/mol. The van der Waals surface area contributed by atoms with Crippen LogP contribution in [0.5, 0.6) is 0 Å². The molecule has 1 amide bonds. The molecular weight excluding hydrogens is 458 g/mol. The van der Waals surface area contributed by atoms with Crippen LogP contribution in [0.15, 0.2) is 72.0 Å². The van der Waals surface area contributed by atoms with Crippen LogP contribution in [0.2, 0.25) is 5.02 Å². The van der Waals surface area contributed by atoms with Crippen molar-refractivity contribution in [2.45, 2.75) is 11.8 Å². The van der Waals surface area contributed by atoms with Crippen molar-refractivity contribution >= 4 is 46.1 Å². The number of carbonyl (C=O) groups excluding carboxylic acids is 1. The second-order valence-corrected chi connectivity index (χ2v) is 8.49. The second kappa shape index (κ2) is 8.68. The number of nitrogens with one attached hydrogen (secondary N) is 1. The molecule has 0 radical (unpaired) electrons. The Morgan fingerprint density at radius 1 is 1.06 bits per heavy atom. The van der Waals surface area contributed by atoms with Crippen LogP contribution in [0.4, 0.5) is 5.82 Å². The summed E-state index contributed by atoms with van der Waals surface area (Å²) in [6, 6.07) is 16.6. The molecule has 0 spiro atoms. The molecule has 5 aromatic rings. The Bertz CT molecular complexity index is 1480. The highest BCUT2D eigenvalue weighted by Crippen LogP contribution is 2.26. The van der Waals surface area contributed by atoms with Crippen LogP contribution in [0.25, 0.3) is 22.5 Å². The van der Waals surface area contributed by atoms with Gasteiger partial charge in [0.25, 0.3) is 5.91 Å². The predicted octanol–water partition coefficient (Wildman–Crippen LogP) is 4.94. The van der Waals surface area contributed by atoms with E-state index in [9.17, 15) is 4.79 Å². The van der Waals surface area contributed by atoms with E-state index < -0.39 is 0 Å². The minimum atomic E-state index is -0.219. The van der Waals surface area contributed by atoms with Gasteiger partial charge in [-0.1, -0.05) is 23.7 Å². The lowest BCUT2D eigenvalue weighted by Crippen LogP contribution is -2.16. The zero-order valence-corrected chi connectivity index (χ0v) is 19.3. The van der Waals surface area contributed by atoms with E-state index in [2.05, 4.69) is 25.5 Å². The molecule has 0 saturated carbocycles. The summed E-state index contributed by atoms with van der Waals surface area (Å²) in [5, 5.41) is 13.4. The van der Waals surface area contributed by atoms with Crippen molar-refractivity contribution in [1.82, 2.24) is 29.5 Å². The summed E-state index contributed by atoms with van der Waals surface area (Å²) in [7, 11) is 0. The monoisotopic (exact) mass is 475 g/mol. The van der Waals surface area contributed by atoms with Gasteiger partial charge in [0.15, 0.2) is 11.5 Å². The number of nitrogens with zero attached hydrogens (tertiary/aromatic N) is 6. The molecule has 3 heterocycles. The van der Waals surface area contributed by atoms with Crippen LogP contribution >= 0.6 is 23.4 Å². The first-order chi connectivity index (χ1) is 16.0. The molecule has 8 nitrogen and oxygen atoms in total. The average molecular weight is 476 g/mol. The normalized spacial score (nSPS) is 11.1. The molecule has 5 rings (SSSR count). The molecule has 10 heteroatoms. The summed E-state index contributed by atoms with van der Waals surface area (Å²) < 4.78 is 3.31. The standard InChI is InChI=1S/C23H18ClN7OS/c1-14-11-20(28-23(32)17-5-3-4-6-19(17)33-2)31(29-14)22-18-12-27-30(21(18)25-13-26-22)16-9-7-15(24)8-10-16/h3-13H,1-2H3,(H,28,32). The maximum atomic E-state index is 13.0. The van der Waals surface area contributed by atoms with E-state index in [4.69, 9.17) is 11.6 Å². The molecule has 0 saturated heterocycles. The van der Waals surface area contributed by atoms with Crippen molar-refractivity contribution in [2.75, 3.05) is 11.6 Å². The Labute approximate surface area is 198 Å². The first-order valence-electron chi connectivity index (χ1n) is 10.0. The van der Waals surface area contributed by atoms with Crippen LogP contribution in [0.1, 0.15) is 16.1 Å². The molecule has 0 bridgehead atoms. The zero-order valence-electron chi connectivity index (χ0n) is 17.7. The molecule has 0 aliphatic heterocycles. The molecule has 0 aliphatic carbocycles. The minimum Gasteiger partial charge on any atom is -0.306 e. The summed E-state index contributed by atoms with van der Waals surface area (Å²) in [4.78, 5) is 22.8. The van der Waals surface area contributed by atoms with Gasteiger partial charge in [-0.05, 0) is 49.6 Å². The van der Waals surface area contributed by atoms with E-state index in [1.807, 2.05) is 43.5 Å². The number of thioether (sulfide) groups is 1. The van der Waals surface area contributed by atoms with Gasteiger partial charge >= 0.3 is 0 Å². The average Bonchev–Trinajstić information content (AvgIpc) is 3.42. The van der Waals surface area contributed by atoms with E-state index in [1.165, 1.54) is 18.1 Å². The maximum absolute atomic E-state index is 13.0. The highest BCUT2D eigenvalue weighted by atomic mass is 35.5. The smallest absolute Gasteiger partial charge is 0.257 e. The van der Waals surface area contributed by atoms with Crippen LogP contribution in [0.3, 0.4) is 0 Å². The number of rotatable bonds is 5. The van der Waals surface area contributed by atoms with Gasteiger partial charge in [-0.2, -0.15) is 14.9 Å². The topological polar surface area (TPSA) is 90.5 Å². The number of aryl methyl sites for hydroxylation is 1. The van der Waals surface area contributed by atoms with Crippen molar-refractivity contribution in [3.8, 4) is 11.5 Å². The quantitative estimate of drug-likeness (QED) is 0.362. The zero-order chi connectivity index (χ0) is 22.9. The number of anilines is 1. The van der Waals surface area contributed by atoms with Gasteiger partial charge in [0, 0.05) is 16.0 Å². The molecule has 0 aliphatic rings. The van der Waals surface area contributed by atoms with Crippen LogP contribution < -0.4 is 5.32 Å². The molecule has 1 N–H and O–H groups in total. The summed E-state index contributed by atoms with van der Waals surface area (Å²) >= 11 is 7.54. The Balaban J connectivity index is 1.56. The molecule has 0 unspecified atom stereocenters. The van der Waals surface area contributed by atoms with Crippen molar-refractivity contribution in [1.29, 1.82) is 0 Å². The summed E-state index contributed by atoms with van der Waals surface area (Å²) in [5.74, 6) is 0.803. The number of fused-ring (bicyclic) bond motifs is 1. The fourth-order valence-electron chi connectivity index (χ4n) is 3.54. The van der Waals surface area contributed by atoms with Crippen molar-refractivity contribution in [2.24, 2.45) is 0 Å². The molecule has 3 aromatic heterocycles. The third kappa shape index (κ3) is 3.96. The van der Waals surface area contributed by atoms with Crippen LogP contribution in [0, 0.1) is 6.92 Å². The lowest BCUT2D eigenvalue weighted by atomic mass is 10.2. The highest BCUT2D eigenvalue weighted by molar-refractivity contribution is 7.98. The third-order valence-electron chi connectivity index (χ3n) is 5.04. The van der Waals surface area contributed by atoms with Gasteiger partial charge in [-0.25, -0.2) is 14.6 Å². The van der Waals surface area contributed by atoms with Gasteiger partial charge in [0.2, 0.25) is 0 Å². The highest BCUT2D eigenvalue weighted by Gasteiger charge is 2.19. The Hall–Kier alpha value is -3.69. The van der Waals surface area contributed by atoms with Gasteiger partial charge in [-0.15, -0.1) is 11.8 Å². The number of carbonyl (C=O) groups is 1. The number of benzene rings is 2. The molecule has 0 fully saturated rings. The molecule has 2 aromatic carbocycles. The van der Waals surface area contributed by atoms with Crippen molar-refractivity contribution in [3.05, 3.63) is 83.4 Å². The summed E-state index contributed by atoms with van der Waals surface area (Å²) in [6.07, 6.45) is 5.08. The second-order valence-electron chi connectivity index (χ2n) is 7.20.